The smallest absolute Gasteiger partial charge is 0.207 e. The molecule has 1 saturated heterocycles. The van der Waals surface area contributed by atoms with Crippen LogP contribution in [0.1, 0.15) is 12.8 Å². The molecule has 3 nitrogen and oxygen atoms in total. The number of hydrogen-bond donors (Lipinski definition) is 0. The van der Waals surface area contributed by atoms with Gasteiger partial charge in [0.15, 0.2) is 0 Å². The van der Waals surface area contributed by atoms with Crippen LogP contribution in [0.3, 0.4) is 0 Å². The zero-order chi connectivity index (χ0) is 14.9. The van der Waals surface area contributed by atoms with Crippen LogP contribution in [-0.2, 0) is 10.0 Å². The van der Waals surface area contributed by atoms with Crippen molar-refractivity contribution in [3.05, 3.63) is 53.6 Å². The summed E-state index contributed by atoms with van der Waals surface area (Å²) in [5.41, 5.74) is 2.00. The summed E-state index contributed by atoms with van der Waals surface area (Å²) in [6.07, 6.45) is 1.89. The van der Waals surface area contributed by atoms with Crippen molar-refractivity contribution in [1.82, 2.24) is 4.31 Å². The first-order valence-electron chi connectivity index (χ1n) is 6.93. The van der Waals surface area contributed by atoms with E-state index in [4.69, 9.17) is 11.6 Å². The Morgan fingerprint density at radius 3 is 1.81 bits per heavy atom. The highest BCUT2D eigenvalue weighted by atomic mass is 35.5. The van der Waals surface area contributed by atoms with Crippen molar-refractivity contribution in [1.29, 1.82) is 0 Å². The standard InChI is InChI=1S/C16H16ClNO2S/c17-15-7-3-13(4-8-15)14-5-9-16(10-6-14)21(19,20)18-11-1-2-12-18/h3-10H,1-2,11-12H2. The molecular formula is C16H16ClNO2S. The molecule has 0 unspecified atom stereocenters. The van der Waals surface area contributed by atoms with E-state index in [-0.39, 0.29) is 0 Å². The Balaban J connectivity index is 1.88. The Bertz CT molecular complexity index is 718. The molecular weight excluding hydrogens is 306 g/mol. The average molecular weight is 322 g/mol. The molecule has 1 aliphatic rings. The van der Waals surface area contributed by atoms with Crippen molar-refractivity contribution >= 4 is 21.6 Å². The summed E-state index contributed by atoms with van der Waals surface area (Å²) in [5.74, 6) is 0. The lowest BCUT2D eigenvalue weighted by atomic mass is 10.1. The van der Waals surface area contributed by atoms with Gasteiger partial charge in [0, 0.05) is 18.1 Å². The van der Waals surface area contributed by atoms with E-state index >= 15 is 0 Å². The quantitative estimate of drug-likeness (QED) is 0.862. The molecule has 110 valence electrons. The minimum absolute atomic E-state index is 0.363. The molecule has 0 saturated carbocycles. The number of benzene rings is 2. The highest BCUT2D eigenvalue weighted by Gasteiger charge is 2.26. The van der Waals surface area contributed by atoms with Gasteiger partial charge in [0.1, 0.15) is 0 Å². The van der Waals surface area contributed by atoms with Gasteiger partial charge in [-0.3, -0.25) is 0 Å². The van der Waals surface area contributed by atoms with Crippen LogP contribution in [0, 0.1) is 0 Å². The molecule has 0 N–H and O–H groups in total. The van der Waals surface area contributed by atoms with Gasteiger partial charge < -0.3 is 0 Å². The second-order valence-corrected chi connectivity index (χ2v) is 7.52. The lowest BCUT2D eigenvalue weighted by Crippen LogP contribution is -2.27. The molecule has 5 heteroatoms. The number of hydrogen-bond acceptors (Lipinski definition) is 2. The molecule has 0 spiro atoms. The minimum Gasteiger partial charge on any atom is -0.207 e. The predicted octanol–water partition coefficient (Wildman–Crippen LogP) is 3.79. The van der Waals surface area contributed by atoms with Gasteiger partial charge in [0.05, 0.1) is 4.90 Å². The van der Waals surface area contributed by atoms with Gasteiger partial charge in [0.2, 0.25) is 10.0 Å². The summed E-state index contributed by atoms with van der Waals surface area (Å²) >= 11 is 5.87. The molecule has 0 aromatic heterocycles. The van der Waals surface area contributed by atoms with E-state index in [0.717, 1.165) is 24.0 Å². The third-order valence-corrected chi connectivity index (χ3v) is 5.90. The van der Waals surface area contributed by atoms with Crippen LogP contribution in [-0.4, -0.2) is 25.8 Å². The monoisotopic (exact) mass is 321 g/mol. The molecule has 21 heavy (non-hydrogen) atoms. The van der Waals surface area contributed by atoms with Crippen molar-refractivity contribution in [3.8, 4) is 11.1 Å². The van der Waals surface area contributed by atoms with Crippen molar-refractivity contribution in [3.63, 3.8) is 0 Å². The van der Waals surface area contributed by atoms with Crippen LogP contribution < -0.4 is 0 Å². The summed E-state index contributed by atoms with van der Waals surface area (Å²) in [5, 5.41) is 0.687. The summed E-state index contributed by atoms with van der Waals surface area (Å²) in [7, 11) is -3.33. The van der Waals surface area contributed by atoms with E-state index in [9.17, 15) is 8.42 Å². The van der Waals surface area contributed by atoms with Crippen molar-refractivity contribution in [2.24, 2.45) is 0 Å². The number of halogens is 1. The van der Waals surface area contributed by atoms with E-state index in [1.165, 1.54) is 0 Å². The molecule has 3 rings (SSSR count). The first kappa shape index (κ1) is 14.6. The molecule has 1 fully saturated rings. The zero-order valence-corrected chi connectivity index (χ0v) is 13.1. The average Bonchev–Trinajstić information content (AvgIpc) is 3.03. The van der Waals surface area contributed by atoms with Gasteiger partial charge in [-0.25, -0.2) is 8.42 Å². The number of rotatable bonds is 3. The fraction of sp³-hybridized carbons (Fsp3) is 0.250. The van der Waals surface area contributed by atoms with Gasteiger partial charge in [-0.1, -0.05) is 35.9 Å². The first-order valence-corrected chi connectivity index (χ1v) is 8.75. The maximum Gasteiger partial charge on any atom is 0.243 e. The highest BCUT2D eigenvalue weighted by molar-refractivity contribution is 7.89. The second-order valence-electron chi connectivity index (χ2n) is 5.14. The van der Waals surface area contributed by atoms with E-state index in [2.05, 4.69) is 0 Å². The largest absolute Gasteiger partial charge is 0.243 e. The summed E-state index contributed by atoms with van der Waals surface area (Å²) < 4.78 is 26.4. The van der Waals surface area contributed by atoms with Crippen LogP contribution in [0.25, 0.3) is 11.1 Å². The fourth-order valence-electron chi connectivity index (χ4n) is 2.54. The van der Waals surface area contributed by atoms with E-state index < -0.39 is 10.0 Å². The number of sulfonamides is 1. The van der Waals surface area contributed by atoms with E-state index in [0.29, 0.717) is 23.0 Å². The molecule has 0 radical (unpaired) electrons. The lowest BCUT2D eigenvalue weighted by Gasteiger charge is -2.15. The highest BCUT2D eigenvalue weighted by Crippen LogP contribution is 2.25. The third kappa shape index (κ3) is 2.98. The molecule has 0 bridgehead atoms. The second kappa shape index (κ2) is 5.79. The van der Waals surface area contributed by atoms with Crippen LogP contribution >= 0.6 is 11.6 Å². The van der Waals surface area contributed by atoms with Crippen LogP contribution in [0.5, 0.6) is 0 Å². The fourth-order valence-corrected chi connectivity index (χ4v) is 4.18. The van der Waals surface area contributed by atoms with E-state index in [1.54, 1.807) is 16.4 Å². The molecule has 1 heterocycles. The Morgan fingerprint density at radius 2 is 1.29 bits per heavy atom. The normalized spacial score (nSPS) is 16.2. The van der Waals surface area contributed by atoms with E-state index in [1.807, 2.05) is 36.4 Å². The molecule has 2 aromatic carbocycles. The summed E-state index contributed by atoms with van der Waals surface area (Å²) in [6.45, 7) is 1.25. The Labute approximate surface area is 130 Å². The van der Waals surface area contributed by atoms with Crippen molar-refractivity contribution < 1.29 is 8.42 Å². The van der Waals surface area contributed by atoms with Crippen molar-refractivity contribution in [2.75, 3.05) is 13.1 Å². The topological polar surface area (TPSA) is 37.4 Å². The predicted molar refractivity (Wildman–Crippen MR) is 84.9 cm³/mol. The third-order valence-electron chi connectivity index (χ3n) is 3.73. The van der Waals surface area contributed by atoms with Gasteiger partial charge in [-0.2, -0.15) is 4.31 Å². The minimum atomic E-state index is -3.33. The first-order chi connectivity index (χ1) is 10.1. The molecule has 0 aliphatic carbocycles. The van der Waals surface area contributed by atoms with Crippen LogP contribution in [0.15, 0.2) is 53.4 Å². The Morgan fingerprint density at radius 1 is 0.810 bits per heavy atom. The summed E-state index contributed by atoms with van der Waals surface area (Å²) in [6, 6.07) is 14.5. The maximum atomic E-state index is 12.4. The van der Waals surface area contributed by atoms with Gasteiger partial charge in [-0.05, 0) is 48.2 Å². The van der Waals surface area contributed by atoms with Gasteiger partial charge in [-0.15, -0.1) is 0 Å². The molecule has 0 atom stereocenters. The van der Waals surface area contributed by atoms with Gasteiger partial charge in [0.25, 0.3) is 0 Å². The maximum absolute atomic E-state index is 12.4. The lowest BCUT2D eigenvalue weighted by molar-refractivity contribution is 0.477. The molecule has 2 aromatic rings. The SMILES string of the molecule is O=S(=O)(c1ccc(-c2ccc(Cl)cc2)cc1)N1CCCC1. The van der Waals surface area contributed by atoms with Crippen LogP contribution in [0.4, 0.5) is 0 Å². The van der Waals surface area contributed by atoms with Gasteiger partial charge >= 0.3 is 0 Å². The molecule has 0 amide bonds. The van der Waals surface area contributed by atoms with Crippen molar-refractivity contribution in [2.45, 2.75) is 17.7 Å². The number of nitrogens with zero attached hydrogens (tertiary/aromatic N) is 1. The summed E-state index contributed by atoms with van der Waals surface area (Å²) in [4.78, 5) is 0.363. The Kier molecular flexibility index (Phi) is 4.02. The Hall–Kier alpha value is -1.36. The van der Waals surface area contributed by atoms with Crippen LogP contribution in [0.2, 0.25) is 5.02 Å². The molecule has 1 aliphatic heterocycles. The zero-order valence-electron chi connectivity index (χ0n) is 11.5.